The lowest BCUT2D eigenvalue weighted by molar-refractivity contribution is -0.142. The maximum absolute atomic E-state index is 15.1. The van der Waals surface area contributed by atoms with Crippen molar-refractivity contribution in [1.29, 1.82) is 0 Å². The molecule has 8 nitrogen and oxygen atoms in total. The molecule has 10 heteroatoms. The van der Waals surface area contributed by atoms with Gasteiger partial charge in [-0.1, -0.05) is 47.7 Å². The van der Waals surface area contributed by atoms with Gasteiger partial charge in [-0.25, -0.2) is 13.5 Å². The third-order valence-electron chi connectivity index (χ3n) is 6.58. The molecule has 38 heavy (non-hydrogen) atoms. The fourth-order valence-electron chi connectivity index (χ4n) is 4.63. The monoisotopic (exact) mass is 519 g/mol. The summed E-state index contributed by atoms with van der Waals surface area (Å²) < 4.78 is 35.8. The third-order valence-corrected chi connectivity index (χ3v) is 6.58. The molecule has 0 bridgehead atoms. The summed E-state index contributed by atoms with van der Waals surface area (Å²) in [5.74, 6) is -2.07. The number of nitrogens with zero attached hydrogens (tertiary/aromatic N) is 4. The van der Waals surface area contributed by atoms with Gasteiger partial charge in [0.25, 0.3) is 0 Å². The van der Waals surface area contributed by atoms with Crippen LogP contribution in [0.15, 0.2) is 72.8 Å². The molecule has 2 atom stereocenters. The number of fused-ring (bicyclic) bond motifs is 1. The second-order valence-corrected chi connectivity index (χ2v) is 9.19. The Labute approximate surface area is 218 Å². The first-order chi connectivity index (χ1) is 18.5. The van der Waals surface area contributed by atoms with Gasteiger partial charge in [0.1, 0.15) is 29.7 Å². The van der Waals surface area contributed by atoms with Crippen LogP contribution in [0.4, 0.5) is 8.78 Å². The fourth-order valence-corrected chi connectivity index (χ4v) is 4.63. The highest BCUT2D eigenvalue weighted by atomic mass is 19.1. The third kappa shape index (κ3) is 5.70. The topological polar surface area (TPSA) is 89.4 Å². The van der Waals surface area contributed by atoms with Crippen LogP contribution in [0.25, 0.3) is 11.0 Å². The van der Waals surface area contributed by atoms with Crippen LogP contribution in [-0.2, 0) is 27.4 Å². The van der Waals surface area contributed by atoms with E-state index in [-0.39, 0.29) is 31.3 Å². The zero-order chi connectivity index (χ0) is 26.5. The van der Waals surface area contributed by atoms with Crippen LogP contribution in [0, 0.1) is 11.6 Å². The smallest absolute Gasteiger partial charge is 0.247 e. The Balaban J connectivity index is 1.50. The number of rotatable bonds is 9. The number of benzene rings is 3. The average Bonchev–Trinajstić information content (AvgIpc) is 3.60. The van der Waals surface area contributed by atoms with Crippen molar-refractivity contribution >= 4 is 22.8 Å². The molecule has 5 rings (SSSR count). The number of hydrogen-bond donors (Lipinski definition) is 1. The highest BCUT2D eigenvalue weighted by molar-refractivity contribution is 5.89. The number of nitrogens with one attached hydrogen (secondary N) is 1. The van der Waals surface area contributed by atoms with Gasteiger partial charge in [-0.05, 0) is 48.7 Å². The Morgan fingerprint density at radius 2 is 1.82 bits per heavy atom. The lowest BCUT2D eigenvalue weighted by Gasteiger charge is -2.32. The second-order valence-electron chi connectivity index (χ2n) is 9.19. The molecule has 3 aromatic carbocycles. The number of ether oxygens (including phenoxy) is 1. The molecule has 196 valence electrons. The molecule has 1 N–H and O–H groups in total. The van der Waals surface area contributed by atoms with Crippen molar-refractivity contribution in [2.24, 2.45) is 0 Å². The minimum absolute atomic E-state index is 0.0521. The van der Waals surface area contributed by atoms with Crippen molar-refractivity contribution in [3.63, 3.8) is 0 Å². The molecule has 0 saturated carbocycles. The number of carbonyl (C=O) groups excluding carboxylic acids is 2. The van der Waals surface area contributed by atoms with Gasteiger partial charge in [0.05, 0.1) is 11.6 Å². The Morgan fingerprint density at radius 3 is 2.58 bits per heavy atom. The minimum Gasteiger partial charge on any atom is -0.376 e. The fraction of sp³-hybridized carbons (Fsp3) is 0.286. The van der Waals surface area contributed by atoms with E-state index in [4.69, 9.17) is 4.74 Å². The number of aromatic nitrogens is 3. The van der Waals surface area contributed by atoms with E-state index in [0.717, 1.165) is 12.8 Å². The van der Waals surface area contributed by atoms with E-state index in [1.54, 1.807) is 18.2 Å². The van der Waals surface area contributed by atoms with Gasteiger partial charge < -0.3 is 15.0 Å². The van der Waals surface area contributed by atoms with Crippen LogP contribution >= 0.6 is 0 Å². The molecule has 2 heterocycles. The molecule has 1 fully saturated rings. The normalized spacial score (nSPS) is 15.9. The Bertz CT molecular complexity index is 1420. The van der Waals surface area contributed by atoms with E-state index in [1.807, 2.05) is 12.1 Å². The summed E-state index contributed by atoms with van der Waals surface area (Å²) in [5, 5.41) is 11.0. The van der Waals surface area contributed by atoms with E-state index < -0.39 is 29.5 Å². The molecule has 2 amide bonds. The van der Waals surface area contributed by atoms with Crippen LogP contribution in [-0.4, -0.2) is 51.0 Å². The van der Waals surface area contributed by atoms with Crippen molar-refractivity contribution in [3.8, 4) is 0 Å². The summed E-state index contributed by atoms with van der Waals surface area (Å²) in [6, 6.07) is 17.4. The molecule has 0 radical (unpaired) electrons. The maximum Gasteiger partial charge on any atom is 0.247 e. The Morgan fingerprint density at radius 1 is 1.05 bits per heavy atom. The molecule has 1 aromatic heterocycles. The lowest BCUT2D eigenvalue weighted by atomic mass is 10.0. The first-order valence-electron chi connectivity index (χ1n) is 12.5. The van der Waals surface area contributed by atoms with E-state index in [0.29, 0.717) is 23.2 Å². The van der Waals surface area contributed by atoms with Crippen molar-refractivity contribution in [3.05, 3.63) is 95.6 Å². The van der Waals surface area contributed by atoms with Crippen molar-refractivity contribution < 1.29 is 23.1 Å². The quantitative estimate of drug-likeness (QED) is 0.364. The first-order valence-corrected chi connectivity index (χ1v) is 12.5. The average molecular weight is 520 g/mol. The van der Waals surface area contributed by atoms with Crippen LogP contribution < -0.4 is 5.32 Å². The molecule has 1 aliphatic heterocycles. The Kier molecular flexibility index (Phi) is 7.69. The predicted molar refractivity (Wildman–Crippen MR) is 136 cm³/mol. The zero-order valence-corrected chi connectivity index (χ0v) is 20.6. The van der Waals surface area contributed by atoms with Crippen molar-refractivity contribution in [1.82, 2.24) is 25.2 Å². The largest absolute Gasteiger partial charge is 0.376 e. The number of halogens is 2. The number of hydrogen-bond acceptors (Lipinski definition) is 5. The lowest BCUT2D eigenvalue weighted by Crippen LogP contribution is -2.46. The predicted octanol–water partition coefficient (Wildman–Crippen LogP) is 3.77. The van der Waals surface area contributed by atoms with Gasteiger partial charge in [0, 0.05) is 25.3 Å². The minimum atomic E-state index is -1.29. The number of amides is 2. The summed E-state index contributed by atoms with van der Waals surface area (Å²) in [6.45, 7) is 0.582. The van der Waals surface area contributed by atoms with Crippen LogP contribution in [0.1, 0.15) is 30.0 Å². The van der Waals surface area contributed by atoms with Gasteiger partial charge in [-0.2, -0.15) is 0 Å². The van der Waals surface area contributed by atoms with Crippen molar-refractivity contribution in [2.45, 2.75) is 38.1 Å². The molecule has 0 spiro atoms. The highest BCUT2D eigenvalue weighted by Crippen LogP contribution is 2.27. The number of para-hydroxylation sites is 1. The zero-order valence-electron chi connectivity index (χ0n) is 20.6. The van der Waals surface area contributed by atoms with Gasteiger partial charge in [-0.3, -0.25) is 9.59 Å². The Hall–Kier alpha value is -4.18. The van der Waals surface area contributed by atoms with E-state index in [9.17, 15) is 14.0 Å². The molecule has 0 unspecified atom stereocenters. The standard InChI is InChI=1S/C28H27F2N5O3/c29-20-13-11-19(12-14-20)17-34(26(36)18-35-25-10-4-3-9-24(25)32-33-35)27(22-7-1-2-8-23(22)30)28(37)31-16-21-6-5-15-38-21/h1-4,7-14,21,27H,5-6,15-18H2,(H,31,37)/t21-,27-/m0/s1. The highest BCUT2D eigenvalue weighted by Gasteiger charge is 2.34. The van der Waals surface area contributed by atoms with E-state index in [2.05, 4.69) is 15.6 Å². The summed E-state index contributed by atoms with van der Waals surface area (Å²) in [7, 11) is 0. The van der Waals surface area contributed by atoms with Gasteiger partial charge >= 0.3 is 0 Å². The van der Waals surface area contributed by atoms with Crippen molar-refractivity contribution in [2.75, 3.05) is 13.2 Å². The SMILES string of the molecule is O=C(NC[C@@H]1CCCO1)[C@H](c1ccccc1F)N(Cc1ccc(F)cc1)C(=O)Cn1nnc2ccccc21. The second kappa shape index (κ2) is 11.5. The summed E-state index contributed by atoms with van der Waals surface area (Å²) in [6.07, 6.45) is 1.57. The van der Waals surface area contributed by atoms with Gasteiger partial charge in [-0.15, -0.1) is 5.10 Å². The molecular formula is C28H27F2N5O3. The summed E-state index contributed by atoms with van der Waals surface area (Å²) >= 11 is 0. The molecule has 4 aromatic rings. The van der Waals surface area contributed by atoms with Crippen LogP contribution in [0.2, 0.25) is 0 Å². The van der Waals surface area contributed by atoms with Gasteiger partial charge in [0.15, 0.2) is 0 Å². The molecule has 1 saturated heterocycles. The first kappa shape index (κ1) is 25.5. The van der Waals surface area contributed by atoms with E-state index >= 15 is 4.39 Å². The van der Waals surface area contributed by atoms with Gasteiger partial charge in [0.2, 0.25) is 11.8 Å². The van der Waals surface area contributed by atoms with Crippen LogP contribution in [0.3, 0.4) is 0 Å². The van der Waals surface area contributed by atoms with E-state index in [1.165, 1.54) is 52.0 Å². The summed E-state index contributed by atoms with van der Waals surface area (Å²) in [4.78, 5) is 28.8. The molecule has 0 aliphatic carbocycles. The maximum atomic E-state index is 15.1. The summed E-state index contributed by atoms with van der Waals surface area (Å²) in [5.41, 5.74) is 1.89. The number of carbonyl (C=O) groups is 2. The molecule has 1 aliphatic rings. The molecular weight excluding hydrogens is 492 g/mol. The van der Waals surface area contributed by atoms with Crippen LogP contribution in [0.5, 0.6) is 0 Å².